The van der Waals surface area contributed by atoms with Crippen molar-refractivity contribution in [2.75, 3.05) is 0 Å². The summed E-state index contributed by atoms with van der Waals surface area (Å²) in [5, 5.41) is 0. The minimum absolute atomic E-state index is 0. The first-order valence-electron chi connectivity index (χ1n) is 3.36. The van der Waals surface area contributed by atoms with Crippen molar-refractivity contribution in [2.24, 2.45) is 0 Å². The molecule has 0 aromatic heterocycles. The molecule has 0 bridgehead atoms. The predicted molar refractivity (Wildman–Crippen MR) is 64.0 cm³/mol. The van der Waals surface area contributed by atoms with Crippen LogP contribution < -0.4 is 0 Å². The van der Waals surface area contributed by atoms with Crippen LogP contribution in [-0.2, 0) is 4.79 Å². The molecule has 0 amide bonds. The van der Waals surface area contributed by atoms with Gasteiger partial charge in [-0.3, -0.25) is 4.79 Å². The molecule has 0 saturated carbocycles. The molecule has 1 heteroatoms. The second-order valence-corrected chi connectivity index (χ2v) is 2.38. The molecule has 0 rings (SSSR count). The average molecular weight is 184 g/mol. The van der Waals surface area contributed by atoms with E-state index in [4.69, 9.17) is 0 Å². The van der Waals surface area contributed by atoms with Gasteiger partial charge in [0.15, 0.2) is 5.78 Å². The Balaban J connectivity index is -0.0000000546. The van der Waals surface area contributed by atoms with Crippen LogP contribution in [0.15, 0.2) is 37.0 Å². The van der Waals surface area contributed by atoms with Crippen molar-refractivity contribution in [3.63, 3.8) is 0 Å². The highest BCUT2D eigenvalue weighted by molar-refractivity contribution is 5.86. The van der Waals surface area contributed by atoms with Crippen LogP contribution in [0, 0.1) is 0 Å². The summed E-state index contributed by atoms with van der Waals surface area (Å²) in [6, 6.07) is 0. The minimum atomic E-state index is 0. The van der Waals surface area contributed by atoms with Gasteiger partial charge in [-0.1, -0.05) is 45.7 Å². The van der Waals surface area contributed by atoms with Crippen molar-refractivity contribution in [2.45, 2.75) is 35.6 Å². The van der Waals surface area contributed by atoms with Crippen molar-refractivity contribution in [1.82, 2.24) is 0 Å². The zero-order valence-electron chi connectivity index (χ0n) is 7.61. The number of carbonyl (C=O) groups is 1. The maximum absolute atomic E-state index is 9.69. The van der Waals surface area contributed by atoms with Crippen molar-refractivity contribution in [1.29, 1.82) is 0 Å². The standard InChI is InChI=1S/C6H10.C4H6O.2CH4/c1-5(2)6(3)4;1-3-4(2)5;;/h1,3H2,2,4H3;3H,1H2,2H3;2*1H4. The van der Waals surface area contributed by atoms with Crippen molar-refractivity contribution in [3.8, 4) is 0 Å². The lowest BCUT2D eigenvalue weighted by Gasteiger charge is -1.88. The van der Waals surface area contributed by atoms with Crippen LogP contribution in [-0.4, -0.2) is 5.78 Å². The summed E-state index contributed by atoms with van der Waals surface area (Å²) in [6.07, 6.45) is 1.28. The van der Waals surface area contributed by atoms with Gasteiger partial charge in [0, 0.05) is 0 Å². The van der Waals surface area contributed by atoms with Crippen LogP contribution in [0.2, 0.25) is 0 Å². The van der Waals surface area contributed by atoms with Crippen LogP contribution >= 0.6 is 0 Å². The third-order valence-corrected chi connectivity index (χ3v) is 1.02. The van der Waals surface area contributed by atoms with E-state index in [0.29, 0.717) is 0 Å². The lowest BCUT2D eigenvalue weighted by Crippen LogP contribution is -1.74. The van der Waals surface area contributed by atoms with E-state index in [0.717, 1.165) is 11.1 Å². The third kappa shape index (κ3) is 36.0. The zero-order valence-corrected chi connectivity index (χ0v) is 7.61. The number of carbonyl (C=O) groups excluding carboxylic acids is 1. The van der Waals surface area contributed by atoms with Gasteiger partial charge in [-0.05, 0) is 26.8 Å². The molecule has 1 nitrogen and oxygen atoms in total. The molecule has 0 fully saturated rings. The Morgan fingerprint density at radius 1 is 1.00 bits per heavy atom. The fourth-order valence-electron chi connectivity index (χ4n) is 0. The Bertz CT molecular complexity index is 164. The molecule has 0 aliphatic rings. The Kier molecular flexibility index (Phi) is 23.5. The fourth-order valence-corrected chi connectivity index (χ4v) is 0. The van der Waals surface area contributed by atoms with Crippen LogP contribution in [0.5, 0.6) is 0 Å². The highest BCUT2D eigenvalue weighted by Crippen LogP contribution is 1.98. The summed E-state index contributed by atoms with van der Waals surface area (Å²) in [5.41, 5.74) is 2.13. The largest absolute Gasteiger partial charge is 0.295 e. The first kappa shape index (κ1) is 22.7. The number of hydrogen-bond donors (Lipinski definition) is 0. The molecule has 0 aliphatic carbocycles. The van der Waals surface area contributed by atoms with E-state index in [1.165, 1.54) is 13.0 Å². The maximum Gasteiger partial charge on any atom is 0.152 e. The van der Waals surface area contributed by atoms with Crippen LogP contribution in [0.25, 0.3) is 0 Å². The van der Waals surface area contributed by atoms with Crippen LogP contribution in [0.3, 0.4) is 0 Å². The molecule has 0 N–H and O–H groups in total. The number of ketones is 1. The molecule has 0 aromatic rings. The van der Waals surface area contributed by atoms with E-state index in [2.05, 4.69) is 19.7 Å². The molecule has 0 atom stereocenters. The number of rotatable bonds is 2. The molecule has 0 heterocycles. The summed E-state index contributed by atoms with van der Waals surface area (Å²) in [7, 11) is 0. The van der Waals surface area contributed by atoms with Gasteiger partial charge in [0.1, 0.15) is 0 Å². The Labute approximate surface area is 83.9 Å². The highest BCUT2D eigenvalue weighted by atomic mass is 16.1. The van der Waals surface area contributed by atoms with E-state index in [1.807, 2.05) is 13.8 Å². The van der Waals surface area contributed by atoms with Gasteiger partial charge in [-0.2, -0.15) is 0 Å². The molecule has 0 unspecified atom stereocenters. The molecule has 78 valence electrons. The van der Waals surface area contributed by atoms with Crippen LogP contribution in [0.1, 0.15) is 35.6 Å². The smallest absolute Gasteiger partial charge is 0.152 e. The third-order valence-electron chi connectivity index (χ3n) is 1.02. The first-order valence-corrected chi connectivity index (χ1v) is 3.36. The summed E-state index contributed by atoms with van der Waals surface area (Å²) >= 11 is 0. The minimum Gasteiger partial charge on any atom is -0.295 e. The normalized spacial score (nSPS) is 6.08. The Hall–Kier alpha value is -1.11. The molecule has 0 aliphatic heterocycles. The summed E-state index contributed by atoms with van der Waals surface area (Å²) in [4.78, 5) is 9.69. The second-order valence-electron chi connectivity index (χ2n) is 2.38. The quantitative estimate of drug-likeness (QED) is 0.465. The molecule has 0 radical (unpaired) electrons. The van der Waals surface area contributed by atoms with E-state index >= 15 is 0 Å². The Morgan fingerprint density at radius 3 is 1.15 bits per heavy atom. The summed E-state index contributed by atoms with van der Waals surface area (Å²) < 4.78 is 0. The SMILES string of the molecule is C.C.C=C(C)C(=C)C.C=CC(C)=O. The molecule has 0 saturated heterocycles. The first-order chi connectivity index (χ1) is 4.91. The predicted octanol–water partition coefficient (Wildman–Crippen LogP) is 4.17. The molecular formula is C12H24O. The Morgan fingerprint density at radius 2 is 1.15 bits per heavy atom. The van der Waals surface area contributed by atoms with Gasteiger partial charge in [-0.15, -0.1) is 0 Å². The maximum atomic E-state index is 9.69. The van der Waals surface area contributed by atoms with Gasteiger partial charge in [-0.25, -0.2) is 0 Å². The van der Waals surface area contributed by atoms with Crippen molar-refractivity contribution < 1.29 is 4.79 Å². The zero-order chi connectivity index (χ0) is 9.44. The fraction of sp³-hybridized carbons (Fsp3) is 0.417. The topological polar surface area (TPSA) is 17.1 Å². The van der Waals surface area contributed by atoms with E-state index in [-0.39, 0.29) is 20.6 Å². The average Bonchev–Trinajstić information content (AvgIpc) is 1.89. The molecule has 13 heavy (non-hydrogen) atoms. The summed E-state index contributed by atoms with van der Waals surface area (Å²) in [5.74, 6) is 0.0185. The van der Waals surface area contributed by atoms with Gasteiger partial charge >= 0.3 is 0 Å². The molecule has 0 aromatic carbocycles. The van der Waals surface area contributed by atoms with Gasteiger partial charge in [0.2, 0.25) is 0 Å². The molecular weight excluding hydrogens is 160 g/mol. The van der Waals surface area contributed by atoms with Gasteiger partial charge < -0.3 is 0 Å². The lowest BCUT2D eigenvalue weighted by molar-refractivity contribution is -0.112. The highest BCUT2D eigenvalue weighted by Gasteiger charge is 1.77. The summed E-state index contributed by atoms with van der Waals surface area (Å²) in [6.45, 7) is 15.9. The van der Waals surface area contributed by atoms with E-state index < -0.39 is 0 Å². The van der Waals surface area contributed by atoms with Crippen molar-refractivity contribution >= 4 is 5.78 Å². The lowest BCUT2D eigenvalue weighted by atomic mass is 10.2. The second kappa shape index (κ2) is 13.5. The van der Waals surface area contributed by atoms with Crippen molar-refractivity contribution in [3.05, 3.63) is 37.0 Å². The van der Waals surface area contributed by atoms with Crippen LogP contribution in [0.4, 0.5) is 0 Å². The number of hydrogen-bond acceptors (Lipinski definition) is 1. The monoisotopic (exact) mass is 184 g/mol. The van der Waals surface area contributed by atoms with E-state index in [1.54, 1.807) is 0 Å². The molecule has 0 spiro atoms. The van der Waals surface area contributed by atoms with E-state index in [9.17, 15) is 4.79 Å². The number of allylic oxidation sites excluding steroid dienone is 3. The van der Waals surface area contributed by atoms with Gasteiger partial charge in [0.25, 0.3) is 0 Å². The van der Waals surface area contributed by atoms with Gasteiger partial charge in [0.05, 0.1) is 0 Å².